The van der Waals surface area contributed by atoms with Crippen LogP contribution in [0.25, 0.3) is 0 Å². The molecule has 4 N–H and O–H groups in total. The van der Waals surface area contributed by atoms with Crippen molar-refractivity contribution in [3.8, 4) is 0 Å². The van der Waals surface area contributed by atoms with Crippen LogP contribution < -0.4 is 11.1 Å². The van der Waals surface area contributed by atoms with Crippen LogP contribution in [0.2, 0.25) is 0 Å². The van der Waals surface area contributed by atoms with Crippen molar-refractivity contribution in [3.63, 3.8) is 0 Å². The van der Waals surface area contributed by atoms with Crippen molar-refractivity contribution in [2.45, 2.75) is 63.5 Å². The molecule has 1 heterocycles. The van der Waals surface area contributed by atoms with E-state index >= 15 is 0 Å². The molecule has 2 unspecified atom stereocenters. The molecule has 7 nitrogen and oxygen atoms in total. The number of primary amides is 1. The van der Waals surface area contributed by atoms with Crippen LogP contribution in [0.15, 0.2) is 12.4 Å². The van der Waals surface area contributed by atoms with Gasteiger partial charge in [-0.15, -0.1) is 0 Å². The van der Waals surface area contributed by atoms with E-state index < -0.39 is 17.0 Å². The van der Waals surface area contributed by atoms with Crippen molar-refractivity contribution >= 4 is 11.8 Å². The molecule has 7 heteroatoms. The first-order chi connectivity index (χ1) is 11.5. The van der Waals surface area contributed by atoms with Gasteiger partial charge < -0.3 is 16.2 Å². The highest BCUT2D eigenvalue weighted by Crippen LogP contribution is 2.67. The predicted molar refractivity (Wildman–Crippen MR) is 89.6 cm³/mol. The molecular formula is C18H24N4O3. The van der Waals surface area contributed by atoms with Crippen molar-refractivity contribution < 1.29 is 14.7 Å². The average Bonchev–Trinajstić information content (AvgIpc) is 2.41. The second kappa shape index (κ2) is 4.78. The van der Waals surface area contributed by atoms with E-state index in [2.05, 4.69) is 29.1 Å². The van der Waals surface area contributed by atoms with E-state index in [1.54, 1.807) is 0 Å². The molecule has 4 bridgehead atoms. The van der Waals surface area contributed by atoms with Crippen molar-refractivity contribution in [2.24, 2.45) is 16.6 Å². The van der Waals surface area contributed by atoms with Gasteiger partial charge >= 0.3 is 0 Å². The lowest BCUT2D eigenvalue weighted by Gasteiger charge is -2.68. The average molecular weight is 344 g/mol. The quantitative estimate of drug-likeness (QED) is 0.760. The standard InChI is InChI=1S/C18H24N4O3/c1-15-5-16(2)7-17(6-15,10-18(25,8-15)9-16)22-14(24)12-4-20-11(3-21-12)13(19)23/h3-4,25H,5-10H2,1-2H3,(H2,19,23)(H,22,24). The van der Waals surface area contributed by atoms with Gasteiger partial charge in [-0.2, -0.15) is 0 Å². The van der Waals surface area contributed by atoms with Crippen molar-refractivity contribution in [1.29, 1.82) is 0 Å². The Kier molecular flexibility index (Phi) is 3.15. The van der Waals surface area contributed by atoms with Gasteiger partial charge in [0, 0.05) is 5.54 Å². The maximum atomic E-state index is 12.7. The number of nitrogens with two attached hydrogens (primary N) is 1. The fourth-order valence-corrected chi connectivity index (χ4v) is 6.64. The van der Waals surface area contributed by atoms with Crippen LogP contribution in [0.1, 0.15) is 73.3 Å². The molecule has 0 aromatic carbocycles. The zero-order valence-electron chi connectivity index (χ0n) is 14.6. The minimum atomic E-state index is -0.701. The fourth-order valence-electron chi connectivity index (χ4n) is 6.64. The van der Waals surface area contributed by atoms with Crippen LogP contribution in [0.5, 0.6) is 0 Å². The number of nitrogens with one attached hydrogen (secondary N) is 1. The highest BCUT2D eigenvalue weighted by molar-refractivity contribution is 5.94. The molecular weight excluding hydrogens is 320 g/mol. The normalized spacial score (nSPS) is 41.6. The molecule has 0 spiro atoms. The van der Waals surface area contributed by atoms with Crippen LogP contribution in [0, 0.1) is 10.8 Å². The number of aromatic nitrogens is 2. The molecule has 2 amide bonds. The molecule has 4 fully saturated rings. The van der Waals surface area contributed by atoms with Gasteiger partial charge in [0.25, 0.3) is 11.8 Å². The number of aliphatic hydroxyl groups is 1. The summed E-state index contributed by atoms with van der Waals surface area (Å²) < 4.78 is 0. The number of hydrogen-bond acceptors (Lipinski definition) is 5. The van der Waals surface area contributed by atoms with Crippen molar-refractivity contribution in [2.75, 3.05) is 0 Å². The number of amides is 2. The first-order valence-electron chi connectivity index (χ1n) is 8.70. The topological polar surface area (TPSA) is 118 Å². The Morgan fingerprint density at radius 1 is 1.00 bits per heavy atom. The second-order valence-electron chi connectivity index (χ2n) is 9.29. The van der Waals surface area contributed by atoms with Crippen LogP contribution in [-0.2, 0) is 0 Å². The summed E-state index contributed by atoms with van der Waals surface area (Å²) >= 11 is 0. The Morgan fingerprint density at radius 2 is 1.56 bits per heavy atom. The molecule has 25 heavy (non-hydrogen) atoms. The maximum Gasteiger partial charge on any atom is 0.271 e. The predicted octanol–water partition coefficient (Wildman–Crippen LogP) is 1.17. The molecule has 4 aliphatic rings. The van der Waals surface area contributed by atoms with Crippen LogP contribution in [-0.4, -0.2) is 38.0 Å². The maximum absolute atomic E-state index is 12.7. The third kappa shape index (κ3) is 2.70. The van der Waals surface area contributed by atoms with E-state index in [0.717, 1.165) is 32.1 Å². The molecule has 4 saturated carbocycles. The minimum absolute atomic E-state index is 0.0284. The summed E-state index contributed by atoms with van der Waals surface area (Å²) in [5.74, 6) is -0.995. The first-order valence-corrected chi connectivity index (χ1v) is 8.70. The van der Waals surface area contributed by atoms with E-state index in [0.29, 0.717) is 6.42 Å². The van der Waals surface area contributed by atoms with E-state index in [9.17, 15) is 14.7 Å². The fraction of sp³-hybridized carbons (Fsp3) is 0.667. The van der Waals surface area contributed by atoms with E-state index in [1.807, 2.05) is 0 Å². The smallest absolute Gasteiger partial charge is 0.271 e. The first kappa shape index (κ1) is 16.4. The molecule has 0 radical (unpaired) electrons. The van der Waals surface area contributed by atoms with Gasteiger partial charge in [-0.1, -0.05) is 13.8 Å². The van der Waals surface area contributed by atoms with Gasteiger partial charge in [-0.25, -0.2) is 9.97 Å². The van der Waals surface area contributed by atoms with E-state index in [1.165, 1.54) is 12.4 Å². The number of rotatable bonds is 3. The van der Waals surface area contributed by atoms with Gasteiger partial charge in [0.15, 0.2) is 0 Å². The molecule has 0 saturated heterocycles. The summed E-state index contributed by atoms with van der Waals surface area (Å²) in [4.78, 5) is 31.7. The number of hydrogen-bond donors (Lipinski definition) is 3. The summed E-state index contributed by atoms with van der Waals surface area (Å²) in [7, 11) is 0. The lowest BCUT2D eigenvalue weighted by atomic mass is 9.41. The molecule has 0 aliphatic heterocycles. The second-order valence-corrected chi connectivity index (χ2v) is 9.29. The lowest BCUT2D eigenvalue weighted by Crippen LogP contribution is -2.70. The highest BCUT2D eigenvalue weighted by atomic mass is 16.3. The lowest BCUT2D eigenvalue weighted by molar-refractivity contribution is -0.202. The van der Waals surface area contributed by atoms with Crippen LogP contribution in [0.4, 0.5) is 0 Å². The molecule has 5 rings (SSSR count). The molecule has 1 aromatic rings. The van der Waals surface area contributed by atoms with Gasteiger partial charge in [0.2, 0.25) is 0 Å². The number of carbonyl (C=O) groups excluding carboxylic acids is 2. The Labute approximate surface area is 146 Å². The number of carbonyl (C=O) groups is 2. The summed E-state index contributed by atoms with van der Waals surface area (Å²) in [6.07, 6.45) is 7.52. The Balaban J connectivity index is 1.59. The Bertz CT molecular complexity index is 707. The monoisotopic (exact) mass is 344 g/mol. The van der Waals surface area contributed by atoms with Crippen LogP contribution >= 0.6 is 0 Å². The summed E-state index contributed by atoms with van der Waals surface area (Å²) in [5, 5.41) is 14.2. The summed E-state index contributed by atoms with van der Waals surface area (Å²) in [6, 6.07) is 0. The minimum Gasteiger partial charge on any atom is -0.390 e. The number of nitrogens with zero attached hydrogens (tertiary/aromatic N) is 2. The summed E-state index contributed by atoms with van der Waals surface area (Å²) in [5.41, 5.74) is 4.32. The largest absolute Gasteiger partial charge is 0.390 e. The SMILES string of the molecule is CC12CC3(C)CC(O)(C1)CC(NC(=O)c1cnc(C(N)=O)cn1)(C2)C3. The van der Waals surface area contributed by atoms with E-state index in [-0.39, 0.29) is 28.1 Å². The summed E-state index contributed by atoms with van der Waals surface area (Å²) in [6.45, 7) is 4.44. The van der Waals surface area contributed by atoms with Gasteiger partial charge in [0.05, 0.1) is 18.0 Å². The van der Waals surface area contributed by atoms with Crippen molar-refractivity contribution in [3.05, 3.63) is 23.8 Å². The Morgan fingerprint density at radius 3 is 2.04 bits per heavy atom. The zero-order chi connectivity index (χ0) is 18.1. The molecule has 2 atom stereocenters. The van der Waals surface area contributed by atoms with Crippen molar-refractivity contribution in [1.82, 2.24) is 15.3 Å². The van der Waals surface area contributed by atoms with Gasteiger partial charge in [0.1, 0.15) is 11.4 Å². The van der Waals surface area contributed by atoms with Gasteiger partial charge in [-0.3, -0.25) is 9.59 Å². The van der Waals surface area contributed by atoms with Crippen LogP contribution in [0.3, 0.4) is 0 Å². The highest BCUT2D eigenvalue weighted by Gasteiger charge is 2.65. The van der Waals surface area contributed by atoms with E-state index in [4.69, 9.17) is 5.73 Å². The Hall–Kier alpha value is -2.02. The molecule has 1 aromatic heterocycles. The molecule has 4 aliphatic carbocycles. The third-order valence-electron chi connectivity index (χ3n) is 6.08. The molecule has 134 valence electrons. The third-order valence-corrected chi connectivity index (χ3v) is 6.08. The van der Waals surface area contributed by atoms with Gasteiger partial charge in [-0.05, 0) is 49.4 Å². The zero-order valence-corrected chi connectivity index (χ0v) is 14.6.